The van der Waals surface area contributed by atoms with Crippen LogP contribution in [-0.4, -0.2) is 23.5 Å². The molecule has 3 aromatic heterocycles. The van der Waals surface area contributed by atoms with Crippen LogP contribution in [0.5, 0.6) is 0 Å². The van der Waals surface area contributed by atoms with Crippen molar-refractivity contribution in [2.45, 2.75) is 13.8 Å². The number of hydrogen-bond acceptors (Lipinski definition) is 8. The second kappa shape index (κ2) is 10.3. The van der Waals surface area contributed by atoms with Crippen LogP contribution in [0.3, 0.4) is 0 Å². The van der Waals surface area contributed by atoms with Gasteiger partial charge < -0.3 is 14.5 Å². The summed E-state index contributed by atoms with van der Waals surface area (Å²) < 4.78 is 10.9. The van der Waals surface area contributed by atoms with Crippen molar-refractivity contribution in [3.8, 4) is 28.0 Å². The van der Waals surface area contributed by atoms with Crippen molar-refractivity contribution < 1.29 is 18.7 Å². The predicted octanol–water partition coefficient (Wildman–Crippen LogP) is 6.33. The van der Waals surface area contributed by atoms with Crippen LogP contribution in [0, 0.1) is 11.3 Å². The van der Waals surface area contributed by atoms with E-state index in [4.69, 9.17) is 9.15 Å². The average molecular weight is 490 g/mol. The van der Waals surface area contributed by atoms with Gasteiger partial charge in [0.1, 0.15) is 33.3 Å². The molecular formula is C25H19N3O4S2. The minimum Gasteiger partial charge on any atom is -0.462 e. The van der Waals surface area contributed by atoms with Gasteiger partial charge in [0.05, 0.1) is 22.6 Å². The van der Waals surface area contributed by atoms with E-state index in [0.717, 1.165) is 10.4 Å². The Morgan fingerprint density at radius 3 is 2.65 bits per heavy atom. The molecule has 9 heteroatoms. The monoisotopic (exact) mass is 489 g/mol. The van der Waals surface area contributed by atoms with Crippen molar-refractivity contribution in [3.05, 3.63) is 70.2 Å². The number of furan rings is 1. The second-order valence-electron chi connectivity index (χ2n) is 7.02. The van der Waals surface area contributed by atoms with E-state index in [-0.39, 0.29) is 11.9 Å². The molecular weight excluding hydrogens is 470 g/mol. The van der Waals surface area contributed by atoms with E-state index in [1.807, 2.05) is 17.5 Å². The van der Waals surface area contributed by atoms with E-state index in [1.165, 1.54) is 29.6 Å². The molecule has 0 atom stereocenters. The van der Waals surface area contributed by atoms with E-state index >= 15 is 0 Å². The van der Waals surface area contributed by atoms with Gasteiger partial charge in [-0.05, 0) is 42.6 Å². The molecule has 4 aromatic rings. The normalized spacial score (nSPS) is 11.1. The van der Waals surface area contributed by atoms with Crippen molar-refractivity contribution in [1.29, 1.82) is 5.26 Å². The number of thiophene rings is 1. The Hall–Kier alpha value is -4.00. The number of aromatic nitrogens is 1. The first-order valence-electron chi connectivity index (χ1n) is 10.3. The Morgan fingerprint density at radius 1 is 1.21 bits per heavy atom. The van der Waals surface area contributed by atoms with Gasteiger partial charge in [0.15, 0.2) is 0 Å². The summed E-state index contributed by atoms with van der Waals surface area (Å²) >= 11 is 2.74. The summed E-state index contributed by atoms with van der Waals surface area (Å²) in [4.78, 5) is 29.0. The number of amides is 1. The quantitative estimate of drug-likeness (QED) is 0.240. The largest absolute Gasteiger partial charge is 0.462 e. The molecule has 0 saturated heterocycles. The summed E-state index contributed by atoms with van der Waals surface area (Å²) in [7, 11) is 0. The summed E-state index contributed by atoms with van der Waals surface area (Å²) in [5, 5.41) is 15.6. The van der Waals surface area contributed by atoms with Gasteiger partial charge in [-0.3, -0.25) is 4.79 Å². The number of nitrogens with zero attached hydrogens (tertiary/aromatic N) is 2. The van der Waals surface area contributed by atoms with Gasteiger partial charge in [-0.1, -0.05) is 29.5 Å². The Kier molecular flexibility index (Phi) is 7.01. The number of hydrogen-bond donors (Lipinski definition) is 1. The van der Waals surface area contributed by atoms with E-state index in [0.29, 0.717) is 45.0 Å². The molecule has 3 heterocycles. The highest BCUT2D eigenvalue weighted by molar-refractivity contribution is 7.18. The Labute approximate surface area is 204 Å². The smallest absolute Gasteiger partial charge is 0.338 e. The first-order valence-corrected chi connectivity index (χ1v) is 12.0. The zero-order valence-corrected chi connectivity index (χ0v) is 20.0. The summed E-state index contributed by atoms with van der Waals surface area (Å²) in [5.41, 5.74) is 2.20. The number of allylic oxidation sites excluding steroid dienone is 1. The van der Waals surface area contributed by atoms with Crippen LogP contribution in [0.4, 0.5) is 5.00 Å². The standard InChI is InChI=1S/C25H19N3O4S2/c1-3-31-25(30)17-8-6-16(7-9-17)20-11-10-19(32-20)13-18(14-26)23-28-22(21-5-4-12-33-21)24(34-23)27-15(2)29/h4-13H,3H2,1-2H3,(H,27,29)/b18-13+. The first-order chi connectivity index (χ1) is 16.5. The number of esters is 1. The van der Waals surface area contributed by atoms with Gasteiger partial charge >= 0.3 is 5.97 Å². The van der Waals surface area contributed by atoms with Crippen molar-refractivity contribution in [3.63, 3.8) is 0 Å². The fourth-order valence-corrected chi connectivity index (χ4v) is 4.89. The van der Waals surface area contributed by atoms with Gasteiger partial charge in [-0.25, -0.2) is 9.78 Å². The molecule has 34 heavy (non-hydrogen) atoms. The molecule has 0 bridgehead atoms. The minimum atomic E-state index is -0.375. The molecule has 7 nitrogen and oxygen atoms in total. The highest BCUT2D eigenvalue weighted by Gasteiger charge is 2.18. The summed E-state index contributed by atoms with van der Waals surface area (Å²) in [6.07, 6.45) is 1.62. The first kappa shape index (κ1) is 23.2. The van der Waals surface area contributed by atoms with Crippen LogP contribution in [0.2, 0.25) is 0 Å². The van der Waals surface area contributed by atoms with E-state index in [9.17, 15) is 14.9 Å². The molecule has 4 rings (SSSR count). The third kappa shape index (κ3) is 5.14. The van der Waals surface area contributed by atoms with Gasteiger partial charge in [0.25, 0.3) is 0 Å². The van der Waals surface area contributed by atoms with Gasteiger partial charge in [0, 0.05) is 18.6 Å². The lowest BCUT2D eigenvalue weighted by molar-refractivity contribution is -0.114. The maximum atomic E-state index is 11.8. The number of benzene rings is 1. The third-order valence-electron chi connectivity index (χ3n) is 4.62. The fraction of sp³-hybridized carbons (Fsp3) is 0.120. The van der Waals surface area contributed by atoms with Gasteiger partial charge in [0.2, 0.25) is 5.91 Å². The van der Waals surface area contributed by atoms with Crippen LogP contribution in [-0.2, 0) is 9.53 Å². The van der Waals surface area contributed by atoms with Crippen molar-refractivity contribution >= 4 is 51.2 Å². The Morgan fingerprint density at radius 2 is 2.00 bits per heavy atom. The molecule has 1 aromatic carbocycles. The SMILES string of the molecule is CCOC(=O)c1ccc(-c2ccc(/C=C(\C#N)c3nc(-c4cccs4)c(NC(C)=O)s3)o2)cc1. The van der Waals surface area contributed by atoms with Gasteiger partial charge in [-0.2, -0.15) is 5.26 Å². The Bertz CT molecular complexity index is 1390. The van der Waals surface area contributed by atoms with Crippen LogP contribution >= 0.6 is 22.7 Å². The lowest BCUT2D eigenvalue weighted by atomic mass is 10.1. The summed E-state index contributed by atoms with van der Waals surface area (Å²) in [6.45, 7) is 3.51. The molecule has 0 saturated carbocycles. The Balaban J connectivity index is 1.61. The molecule has 0 aliphatic carbocycles. The average Bonchev–Trinajstić information content (AvgIpc) is 3.58. The van der Waals surface area contributed by atoms with E-state index in [1.54, 1.807) is 49.4 Å². The van der Waals surface area contributed by atoms with Crippen molar-refractivity contribution in [1.82, 2.24) is 4.98 Å². The highest BCUT2D eigenvalue weighted by Crippen LogP contribution is 2.38. The third-order valence-corrected chi connectivity index (χ3v) is 6.50. The molecule has 1 N–H and O–H groups in total. The predicted molar refractivity (Wildman–Crippen MR) is 133 cm³/mol. The summed E-state index contributed by atoms with van der Waals surface area (Å²) in [6, 6.07) is 16.5. The molecule has 0 unspecified atom stereocenters. The minimum absolute atomic E-state index is 0.208. The number of thiazole rings is 1. The number of nitriles is 1. The molecule has 170 valence electrons. The maximum Gasteiger partial charge on any atom is 0.338 e. The van der Waals surface area contributed by atoms with Crippen molar-refractivity contribution in [2.75, 3.05) is 11.9 Å². The topological polar surface area (TPSA) is 105 Å². The zero-order chi connectivity index (χ0) is 24.1. The lowest BCUT2D eigenvalue weighted by Crippen LogP contribution is -2.04. The summed E-state index contributed by atoms with van der Waals surface area (Å²) in [5.74, 6) is 0.492. The number of carbonyl (C=O) groups is 2. The van der Waals surface area contributed by atoms with Crippen LogP contribution in [0.15, 0.2) is 58.3 Å². The number of ether oxygens (including phenoxy) is 1. The molecule has 0 spiro atoms. The molecule has 0 radical (unpaired) electrons. The van der Waals surface area contributed by atoms with Crippen LogP contribution in [0.1, 0.15) is 35.0 Å². The van der Waals surface area contributed by atoms with E-state index in [2.05, 4.69) is 16.4 Å². The molecule has 0 fully saturated rings. The second-order valence-corrected chi connectivity index (χ2v) is 8.97. The number of nitrogens with one attached hydrogen (secondary N) is 1. The number of anilines is 1. The van der Waals surface area contributed by atoms with Gasteiger partial charge in [-0.15, -0.1) is 11.3 Å². The lowest BCUT2D eigenvalue weighted by Gasteiger charge is -2.02. The zero-order valence-electron chi connectivity index (χ0n) is 18.3. The molecule has 0 aliphatic rings. The molecule has 0 aliphatic heterocycles. The van der Waals surface area contributed by atoms with E-state index < -0.39 is 0 Å². The number of carbonyl (C=O) groups excluding carboxylic acids is 2. The number of rotatable bonds is 7. The fourth-order valence-electron chi connectivity index (χ4n) is 3.11. The van der Waals surface area contributed by atoms with Crippen LogP contribution in [0.25, 0.3) is 33.5 Å². The maximum absolute atomic E-state index is 11.8. The molecule has 1 amide bonds. The van der Waals surface area contributed by atoms with Crippen LogP contribution < -0.4 is 5.32 Å². The van der Waals surface area contributed by atoms with Crippen molar-refractivity contribution in [2.24, 2.45) is 0 Å². The highest BCUT2D eigenvalue weighted by atomic mass is 32.1.